The number of nitrogen functional groups attached to an aromatic ring is 1. The third-order valence-electron chi connectivity index (χ3n) is 2.52. The predicted octanol–water partition coefficient (Wildman–Crippen LogP) is 2.78. The van der Waals surface area contributed by atoms with Crippen molar-refractivity contribution in [1.29, 1.82) is 0 Å². The Labute approximate surface area is 126 Å². The highest BCUT2D eigenvalue weighted by Gasteiger charge is 2.16. The van der Waals surface area contributed by atoms with E-state index in [1.54, 1.807) is 11.3 Å². The smallest absolute Gasteiger partial charge is 0.265 e. The van der Waals surface area contributed by atoms with Crippen molar-refractivity contribution in [3.05, 3.63) is 27.3 Å². The van der Waals surface area contributed by atoms with Gasteiger partial charge in [-0.1, -0.05) is 31.3 Å². The van der Waals surface area contributed by atoms with E-state index in [0.29, 0.717) is 22.5 Å². The van der Waals surface area contributed by atoms with Crippen molar-refractivity contribution in [3.8, 4) is 0 Å². The second-order valence-corrected chi connectivity index (χ2v) is 6.80. The van der Waals surface area contributed by atoms with Gasteiger partial charge in [0.15, 0.2) is 5.13 Å². The van der Waals surface area contributed by atoms with Gasteiger partial charge in [-0.05, 0) is 17.4 Å². The van der Waals surface area contributed by atoms with E-state index in [4.69, 9.17) is 5.73 Å². The van der Waals surface area contributed by atoms with Crippen LogP contribution in [-0.2, 0) is 6.54 Å². The van der Waals surface area contributed by atoms with Gasteiger partial charge in [-0.3, -0.25) is 4.79 Å². The van der Waals surface area contributed by atoms with Crippen molar-refractivity contribution < 1.29 is 4.79 Å². The number of rotatable bonds is 6. The molecular formula is C13H18N4OS2. The zero-order valence-electron chi connectivity index (χ0n) is 11.5. The lowest BCUT2D eigenvalue weighted by Crippen LogP contribution is -2.22. The molecule has 5 nitrogen and oxygen atoms in total. The molecule has 0 bridgehead atoms. The van der Waals surface area contributed by atoms with Crippen molar-refractivity contribution in [1.82, 2.24) is 10.3 Å². The van der Waals surface area contributed by atoms with Gasteiger partial charge in [-0.2, -0.15) is 0 Å². The largest absolute Gasteiger partial charge is 0.382 e. The average Bonchev–Trinajstić information content (AvgIpc) is 3.03. The predicted molar refractivity (Wildman–Crippen MR) is 85.3 cm³/mol. The van der Waals surface area contributed by atoms with Gasteiger partial charge in [-0.25, -0.2) is 4.98 Å². The highest BCUT2D eigenvalue weighted by atomic mass is 32.1. The maximum atomic E-state index is 12.1. The fourth-order valence-corrected chi connectivity index (χ4v) is 2.97. The molecule has 20 heavy (non-hydrogen) atoms. The number of hydrogen-bond donors (Lipinski definition) is 3. The number of anilines is 2. The van der Waals surface area contributed by atoms with Gasteiger partial charge in [-0.15, -0.1) is 11.3 Å². The molecule has 0 fully saturated rings. The lowest BCUT2D eigenvalue weighted by Gasteiger charge is -2.04. The summed E-state index contributed by atoms with van der Waals surface area (Å²) >= 11 is 2.90. The van der Waals surface area contributed by atoms with Crippen molar-refractivity contribution in [2.45, 2.75) is 20.4 Å². The number of thiazole rings is 1. The summed E-state index contributed by atoms with van der Waals surface area (Å²) in [6.45, 7) is 5.54. The van der Waals surface area contributed by atoms with Crippen LogP contribution in [-0.4, -0.2) is 17.4 Å². The summed E-state index contributed by atoms with van der Waals surface area (Å²) in [5.41, 5.74) is 5.80. The standard InChI is InChI=1S/C13H18N4OS2/c1-8(2)6-16-13-17-11(14)10(20-13)12(18)15-7-9-4-3-5-19-9/h3-5,8H,6-7,14H2,1-2H3,(H,15,18)(H,16,17). The van der Waals surface area contributed by atoms with Crippen molar-refractivity contribution in [3.63, 3.8) is 0 Å². The Kier molecular flexibility index (Phi) is 4.97. The minimum atomic E-state index is -0.175. The molecule has 0 saturated heterocycles. The van der Waals surface area contributed by atoms with E-state index in [9.17, 15) is 4.79 Å². The lowest BCUT2D eigenvalue weighted by molar-refractivity contribution is 0.0956. The Balaban J connectivity index is 1.95. The monoisotopic (exact) mass is 310 g/mol. The normalized spacial score (nSPS) is 10.8. The van der Waals surface area contributed by atoms with Crippen LogP contribution in [0, 0.1) is 5.92 Å². The highest BCUT2D eigenvalue weighted by Crippen LogP contribution is 2.25. The van der Waals surface area contributed by atoms with Gasteiger partial charge in [0.25, 0.3) is 5.91 Å². The van der Waals surface area contributed by atoms with Gasteiger partial charge in [0.05, 0.1) is 6.54 Å². The Morgan fingerprint density at radius 3 is 2.95 bits per heavy atom. The first kappa shape index (κ1) is 14.8. The second kappa shape index (κ2) is 6.71. The molecule has 0 aliphatic rings. The van der Waals surface area contributed by atoms with Crippen LogP contribution in [0.25, 0.3) is 0 Å². The summed E-state index contributed by atoms with van der Waals surface area (Å²) in [5, 5.41) is 8.71. The van der Waals surface area contributed by atoms with Gasteiger partial charge < -0.3 is 16.4 Å². The zero-order chi connectivity index (χ0) is 14.5. The Morgan fingerprint density at radius 1 is 1.50 bits per heavy atom. The molecule has 2 aromatic rings. The number of amides is 1. The number of nitrogens with two attached hydrogens (primary N) is 1. The third-order valence-corrected chi connectivity index (χ3v) is 4.43. The molecular weight excluding hydrogens is 292 g/mol. The molecule has 108 valence electrons. The quantitative estimate of drug-likeness (QED) is 0.766. The maximum absolute atomic E-state index is 12.1. The van der Waals surface area contributed by atoms with E-state index in [0.717, 1.165) is 11.4 Å². The van der Waals surface area contributed by atoms with Crippen LogP contribution >= 0.6 is 22.7 Å². The van der Waals surface area contributed by atoms with E-state index >= 15 is 0 Å². The fraction of sp³-hybridized carbons (Fsp3) is 0.385. The van der Waals surface area contributed by atoms with E-state index in [1.165, 1.54) is 11.3 Å². The molecule has 4 N–H and O–H groups in total. The molecule has 0 unspecified atom stereocenters. The molecule has 7 heteroatoms. The number of aromatic nitrogens is 1. The molecule has 0 radical (unpaired) electrons. The summed E-state index contributed by atoms with van der Waals surface area (Å²) < 4.78 is 0. The lowest BCUT2D eigenvalue weighted by atomic mass is 10.2. The van der Waals surface area contributed by atoms with Crippen molar-refractivity contribution >= 4 is 39.5 Å². The van der Waals surface area contributed by atoms with Gasteiger partial charge in [0.1, 0.15) is 10.7 Å². The summed E-state index contributed by atoms with van der Waals surface area (Å²) in [6.07, 6.45) is 0. The maximum Gasteiger partial charge on any atom is 0.265 e. The summed E-state index contributed by atoms with van der Waals surface area (Å²) in [5.74, 6) is 0.618. The first-order valence-corrected chi connectivity index (χ1v) is 8.06. The van der Waals surface area contributed by atoms with Gasteiger partial charge in [0.2, 0.25) is 0 Å². The average molecular weight is 310 g/mol. The Bertz CT molecular complexity index is 563. The highest BCUT2D eigenvalue weighted by molar-refractivity contribution is 7.18. The molecule has 0 aromatic carbocycles. The summed E-state index contributed by atoms with van der Waals surface area (Å²) in [7, 11) is 0. The fourth-order valence-electron chi connectivity index (χ4n) is 1.52. The van der Waals surface area contributed by atoms with E-state index < -0.39 is 0 Å². The number of thiophene rings is 1. The first-order chi connectivity index (χ1) is 9.56. The van der Waals surface area contributed by atoms with Crippen LogP contribution in [0.3, 0.4) is 0 Å². The van der Waals surface area contributed by atoms with E-state index in [2.05, 4.69) is 29.5 Å². The van der Waals surface area contributed by atoms with E-state index in [1.807, 2.05) is 17.5 Å². The molecule has 2 heterocycles. The van der Waals surface area contributed by atoms with Gasteiger partial charge >= 0.3 is 0 Å². The van der Waals surface area contributed by atoms with Crippen molar-refractivity contribution in [2.24, 2.45) is 5.92 Å². The molecule has 1 amide bonds. The number of nitrogens with zero attached hydrogens (tertiary/aromatic N) is 1. The van der Waals surface area contributed by atoms with Crippen LogP contribution in [0.4, 0.5) is 10.9 Å². The third kappa shape index (κ3) is 3.94. The minimum Gasteiger partial charge on any atom is -0.382 e. The van der Waals surface area contributed by atoms with Crippen molar-refractivity contribution in [2.75, 3.05) is 17.6 Å². The summed E-state index contributed by atoms with van der Waals surface area (Å²) in [4.78, 5) is 17.8. The Morgan fingerprint density at radius 2 is 2.30 bits per heavy atom. The van der Waals surface area contributed by atoms with Crippen LogP contribution in [0.5, 0.6) is 0 Å². The van der Waals surface area contributed by atoms with Crippen LogP contribution in [0.15, 0.2) is 17.5 Å². The summed E-state index contributed by atoms with van der Waals surface area (Å²) in [6, 6.07) is 3.94. The molecule has 2 aromatic heterocycles. The zero-order valence-corrected chi connectivity index (χ0v) is 13.1. The second-order valence-electron chi connectivity index (χ2n) is 4.77. The molecule has 2 rings (SSSR count). The number of hydrogen-bond acceptors (Lipinski definition) is 6. The minimum absolute atomic E-state index is 0.175. The SMILES string of the molecule is CC(C)CNc1nc(N)c(C(=O)NCc2cccs2)s1. The van der Waals surface area contributed by atoms with Gasteiger partial charge in [0, 0.05) is 11.4 Å². The van der Waals surface area contributed by atoms with Crippen LogP contribution in [0.2, 0.25) is 0 Å². The molecule has 0 atom stereocenters. The van der Waals surface area contributed by atoms with Crippen LogP contribution in [0.1, 0.15) is 28.4 Å². The first-order valence-electron chi connectivity index (χ1n) is 6.37. The molecule has 0 aliphatic heterocycles. The van der Waals surface area contributed by atoms with E-state index in [-0.39, 0.29) is 11.7 Å². The Hall–Kier alpha value is -1.60. The number of carbonyl (C=O) groups excluding carboxylic acids is 1. The number of carbonyl (C=O) groups is 1. The molecule has 0 spiro atoms. The molecule has 0 aliphatic carbocycles. The topological polar surface area (TPSA) is 80.0 Å². The van der Waals surface area contributed by atoms with Crippen LogP contribution < -0.4 is 16.4 Å². The number of nitrogens with one attached hydrogen (secondary N) is 2. The molecule has 0 saturated carbocycles.